The minimum absolute atomic E-state index is 0.0287. The zero-order valence-electron chi connectivity index (χ0n) is 11.1. The molecule has 0 aliphatic rings. The van der Waals surface area contributed by atoms with Crippen molar-refractivity contribution in [3.8, 4) is 0 Å². The lowest BCUT2D eigenvalue weighted by Crippen LogP contribution is -1.90. The maximum absolute atomic E-state index is 9.23. The summed E-state index contributed by atoms with van der Waals surface area (Å²) in [6.07, 6.45) is 4.72. The second-order valence-electron chi connectivity index (χ2n) is 4.85. The topological polar surface area (TPSA) is 37.5 Å². The van der Waals surface area contributed by atoms with Crippen LogP contribution in [-0.4, -0.2) is 14.5 Å². The van der Waals surface area contributed by atoms with Crippen LogP contribution in [0.15, 0.2) is 30.6 Å². The molecule has 0 fully saturated rings. The van der Waals surface area contributed by atoms with E-state index < -0.39 is 0 Å². The molecule has 0 saturated carbocycles. The summed E-state index contributed by atoms with van der Waals surface area (Å²) < 4.78 is 1.97. The first-order chi connectivity index (χ1) is 9.17. The van der Waals surface area contributed by atoms with Gasteiger partial charge in [0.2, 0.25) is 0 Å². The maximum Gasteiger partial charge on any atom is 0.194 e. The number of hydrogen-bond donors (Lipinski definition) is 1. The summed E-state index contributed by atoms with van der Waals surface area (Å²) in [4.78, 5) is 6.52. The molecule has 0 aliphatic carbocycles. The van der Waals surface area contributed by atoms with E-state index in [-0.39, 0.29) is 6.61 Å². The number of nitrogens with zero attached hydrogens (tertiary/aromatic N) is 2. The first-order valence-electron chi connectivity index (χ1n) is 6.29. The number of aliphatic hydroxyl groups is 1. The van der Waals surface area contributed by atoms with Gasteiger partial charge in [-0.3, -0.25) is 4.40 Å². The monoisotopic (exact) mass is 272 g/mol. The highest BCUT2D eigenvalue weighted by Crippen LogP contribution is 2.22. The van der Waals surface area contributed by atoms with Gasteiger partial charge in [-0.15, -0.1) is 11.3 Å². The number of hydrogen-bond acceptors (Lipinski definition) is 3. The van der Waals surface area contributed by atoms with Crippen LogP contribution >= 0.6 is 11.3 Å². The largest absolute Gasteiger partial charge is 0.390 e. The minimum atomic E-state index is 0.0287. The highest BCUT2D eigenvalue weighted by molar-refractivity contribution is 7.17. The van der Waals surface area contributed by atoms with E-state index in [4.69, 9.17) is 0 Å². The predicted octanol–water partition coefficient (Wildman–Crippen LogP) is 3.10. The lowest BCUT2D eigenvalue weighted by atomic mass is 10.0. The van der Waals surface area contributed by atoms with Gasteiger partial charge in [0.05, 0.1) is 18.5 Å². The van der Waals surface area contributed by atoms with E-state index in [0.29, 0.717) is 0 Å². The molecule has 0 bridgehead atoms. The molecular weight excluding hydrogens is 256 g/mol. The Morgan fingerprint density at radius 2 is 2.11 bits per heavy atom. The Morgan fingerprint density at radius 1 is 1.26 bits per heavy atom. The van der Waals surface area contributed by atoms with Gasteiger partial charge in [0.1, 0.15) is 0 Å². The molecule has 1 aromatic carbocycles. The van der Waals surface area contributed by atoms with Gasteiger partial charge in [0.25, 0.3) is 0 Å². The molecule has 0 spiro atoms. The Bertz CT molecular complexity index is 727. The molecule has 4 heteroatoms. The van der Waals surface area contributed by atoms with Crippen molar-refractivity contribution in [3.05, 3.63) is 57.9 Å². The molecule has 3 rings (SSSR count). The van der Waals surface area contributed by atoms with Crippen LogP contribution < -0.4 is 0 Å². The highest BCUT2D eigenvalue weighted by Gasteiger charge is 2.08. The summed E-state index contributed by atoms with van der Waals surface area (Å²) in [5, 5.41) is 9.23. The first kappa shape index (κ1) is 12.4. The van der Waals surface area contributed by atoms with Crippen molar-refractivity contribution in [1.29, 1.82) is 0 Å². The lowest BCUT2D eigenvalue weighted by Gasteiger charge is -2.03. The Balaban J connectivity index is 1.92. The fraction of sp³-hybridized carbons (Fsp3) is 0.267. The number of imidazole rings is 1. The minimum Gasteiger partial charge on any atom is -0.390 e. The van der Waals surface area contributed by atoms with Crippen LogP contribution in [0, 0.1) is 13.8 Å². The molecule has 19 heavy (non-hydrogen) atoms. The second-order valence-corrected chi connectivity index (χ2v) is 5.95. The predicted molar refractivity (Wildman–Crippen MR) is 77.7 cm³/mol. The van der Waals surface area contributed by atoms with Gasteiger partial charge in [-0.2, -0.15) is 0 Å². The highest BCUT2D eigenvalue weighted by atomic mass is 32.1. The molecular formula is C15H16N2OS. The van der Waals surface area contributed by atoms with Crippen LogP contribution in [0.5, 0.6) is 0 Å². The van der Waals surface area contributed by atoms with E-state index in [2.05, 4.69) is 43.2 Å². The molecule has 2 heterocycles. The first-order valence-corrected chi connectivity index (χ1v) is 7.10. The van der Waals surface area contributed by atoms with E-state index in [1.807, 2.05) is 4.40 Å². The van der Waals surface area contributed by atoms with E-state index >= 15 is 0 Å². The Labute approximate surface area is 116 Å². The van der Waals surface area contributed by atoms with Gasteiger partial charge in [-0.25, -0.2) is 4.98 Å². The summed E-state index contributed by atoms with van der Waals surface area (Å²) >= 11 is 1.68. The number of fused-ring (bicyclic) bond motifs is 1. The third kappa shape index (κ3) is 2.29. The Hall–Kier alpha value is -1.65. The van der Waals surface area contributed by atoms with Crippen LogP contribution in [-0.2, 0) is 13.0 Å². The molecule has 1 N–H and O–H groups in total. The van der Waals surface area contributed by atoms with Gasteiger partial charge < -0.3 is 5.11 Å². The van der Waals surface area contributed by atoms with Gasteiger partial charge >= 0.3 is 0 Å². The van der Waals surface area contributed by atoms with E-state index in [1.165, 1.54) is 21.6 Å². The van der Waals surface area contributed by atoms with Crippen LogP contribution in [0.4, 0.5) is 0 Å². The van der Waals surface area contributed by atoms with Crippen molar-refractivity contribution < 1.29 is 5.11 Å². The van der Waals surface area contributed by atoms with Gasteiger partial charge in [-0.05, 0) is 30.5 Å². The fourth-order valence-corrected chi connectivity index (χ4v) is 3.20. The van der Waals surface area contributed by atoms with E-state index in [0.717, 1.165) is 17.1 Å². The Kier molecular flexibility index (Phi) is 3.12. The zero-order chi connectivity index (χ0) is 13.4. The molecule has 0 unspecified atom stereocenters. The van der Waals surface area contributed by atoms with Crippen LogP contribution in [0.25, 0.3) is 4.96 Å². The Morgan fingerprint density at radius 3 is 2.84 bits per heavy atom. The van der Waals surface area contributed by atoms with Crippen LogP contribution in [0.2, 0.25) is 0 Å². The van der Waals surface area contributed by atoms with Crippen LogP contribution in [0.1, 0.15) is 27.3 Å². The van der Waals surface area contributed by atoms with Crippen molar-refractivity contribution in [2.24, 2.45) is 0 Å². The molecule has 0 saturated heterocycles. The van der Waals surface area contributed by atoms with Gasteiger partial charge in [0, 0.05) is 17.5 Å². The summed E-state index contributed by atoms with van der Waals surface area (Å²) in [5.74, 6) is 0. The fourth-order valence-electron chi connectivity index (χ4n) is 2.19. The number of rotatable bonds is 3. The van der Waals surface area contributed by atoms with Gasteiger partial charge in [0.15, 0.2) is 4.96 Å². The second kappa shape index (κ2) is 4.79. The number of aliphatic hydroxyl groups excluding tert-OH is 1. The standard InChI is InChI=1S/C15H16N2OS/c1-10-3-4-12(5-11(10)2)6-14-8-17-13(9-18)7-16-15(17)19-14/h3-5,7-8,18H,6,9H2,1-2H3. The third-order valence-electron chi connectivity index (χ3n) is 3.45. The summed E-state index contributed by atoms with van der Waals surface area (Å²) in [6, 6.07) is 6.59. The average Bonchev–Trinajstić information content (AvgIpc) is 2.93. The smallest absolute Gasteiger partial charge is 0.194 e. The molecule has 2 aromatic heterocycles. The summed E-state index contributed by atoms with van der Waals surface area (Å²) in [7, 11) is 0. The molecule has 0 aliphatic heterocycles. The number of benzene rings is 1. The zero-order valence-corrected chi connectivity index (χ0v) is 11.9. The van der Waals surface area contributed by atoms with E-state index in [9.17, 15) is 5.11 Å². The SMILES string of the molecule is Cc1ccc(Cc2cn3c(CO)cnc3s2)cc1C. The summed E-state index contributed by atoms with van der Waals surface area (Å²) in [5.41, 5.74) is 4.82. The number of aryl methyl sites for hydroxylation is 2. The molecule has 3 aromatic rings. The lowest BCUT2D eigenvalue weighted by molar-refractivity contribution is 0.276. The third-order valence-corrected chi connectivity index (χ3v) is 4.44. The van der Waals surface area contributed by atoms with Crippen molar-refractivity contribution >= 4 is 16.3 Å². The number of aromatic nitrogens is 2. The molecule has 0 radical (unpaired) electrons. The maximum atomic E-state index is 9.23. The molecule has 98 valence electrons. The quantitative estimate of drug-likeness (QED) is 0.795. The van der Waals surface area contributed by atoms with Crippen molar-refractivity contribution in [2.75, 3.05) is 0 Å². The van der Waals surface area contributed by atoms with Crippen LogP contribution in [0.3, 0.4) is 0 Å². The average molecular weight is 272 g/mol. The summed E-state index contributed by atoms with van der Waals surface area (Å²) in [6.45, 7) is 4.30. The molecule has 0 atom stereocenters. The van der Waals surface area contributed by atoms with Crippen molar-refractivity contribution in [2.45, 2.75) is 26.9 Å². The molecule has 3 nitrogen and oxygen atoms in total. The van der Waals surface area contributed by atoms with Gasteiger partial charge in [-0.1, -0.05) is 18.2 Å². The van der Waals surface area contributed by atoms with Crippen molar-refractivity contribution in [3.63, 3.8) is 0 Å². The number of thiazole rings is 1. The van der Waals surface area contributed by atoms with E-state index in [1.54, 1.807) is 17.5 Å². The van der Waals surface area contributed by atoms with Crippen molar-refractivity contribution in [1.82, 2.24) is 9.38 Å². The molecule has 0 amide bonds. The normalized spacial score (nSPS) is 11.3.